The highest BCUT2D eigenvalue weighted by Crippen LogP contribution is 2.17. The fourth-order valence-corrected chi connectivity index (χ4v) is 2.93. The number of carbonyl (C=O) groups excluding carboxylic acids is 1. The minimum absolute atomic E-state index is 0.0611. The zero-order valence-electron chi connectivity index (χ0n) is 15.1. The number of nitrogens with zero attached hydrogens (tertiary/aromatic N) is 2. The van der Waals surface area contributed by atoms with Gasteiger partial charge in [0.2, 0.25) is 5.91 Å². The Morgan fingerprint density at radius 3 is 2.62 bits per heavy atom. The van der Waals surface area contributed by atoms with Crippen molar-refractivity contribution in [3.8, 4) is 0 Å². The molecule has 4 heteroatoms. The second-order valence-corrected chi connectivity index (χ2v) is 6.49. The van der Waals surface area contributed by atoms with Crippen LogP contribution in [0.3, 0.4) is 0 Å². The summed E-state index contributed by atoms with van der Waals surface area (Å²) in [6, 6.07) is 19.8. The molecule has 26 heavy (non-hydrogen) atoms. The van der Waals surface area contributed by atoms with Gasteiger partial charge in [-0.3, -0.25) is 9.78 Å². The van der Waals surface area contributed by atoms with E-state index < -0.39 is 0 Å². The Balaban J connectivity index is 1.76. The monoisotopic (exact) mass is 345 g/mol. The van der Waals surface area contributed by atoms with Gasteiger partial charge in [0, 0.05) is 29.8 Å². The summed E-state index contributed by atoms with van der Waals surface area (Å²) >= 11 is 0. The summed E-state index contributed by atoms with van der Waals surface area (Å²) in [7, 11) is 4.00. The van der Waals surface area contributed by atoms with E-state index >= 15 is 0 Å². The lowest BCUT2D eigenvalue weighted by Gasteiger charge is -2.22. The van der Waals surface area contributed by atoms with E-state index in [1.54, 1.807) is 12.3 Å². The third-order valence-electron chi connectivity index (χ3n) is 4.14. The summed E-state index contributed by atoms with van der Waals surface area (Å²) in [4.78, 5) is 19.0. The van der Waals surface area contributed by atoms with E-state index in [9.17, 15) is 4.79 Å². The smallest absolute Gasteiger partial charge is 0.244 e. The molecule has 1 aromatic heterocycles. The normalized spacial score (nSPS) is 12.6. The molecule has 0 radical (unpaired) electrons. The van der Waals surface area contributed by atoms with Crippen molar-refractivity contribution in [3.05, 3.63) is 84.1 Å². The van der Waals surface area contributed by atoms with E-state index in [1.807, 2.05) is 80.8 Å². The van der Waals surface area contributed by atoms with Crippen molar-refractivity contribution in [2.45, 2.75) is 6.04 Å². The second kappa shape index (κ2) is 8.41. The molecule has 0 saturated heterocycles. The molecule has 1 amide bonds. The number of benzene rings is 2. The number of para-hydroxylation sites is 1. The summed E-state index contributed by atoms with van der Waals surface area (Å²) in [6.07, 6.45) is 5.17. The van der Waals surface area contributed by atoms with Gasteiger partial charge in [0.05, 0.1) is 11.6 Å². The predicted molar refractivity (Wildman–Crippen MR) is 107 cm³/mol. The van der Waals surface area contributed by atoms with Crippen molar-refractivity contribution < 1.29 is 4.79 Å². The summed E-state index contributed by atoms with van der Waals surface area (Å²) < 4.78 is 0. The molecule has 0 fully saturated rings. The van der Waals surface area contributed by atoms with Gasteiger partial charge < -0.3 is 10.2 Å². The number of fused-ring (bicyclic) bond motifs is 1. The third kappa shape index (κ3) is 4.55. The topological polar surface area (TPSA) is 45.2 Å². The number of pyridine rings is 1. The van der Waals surface area contributed by atoms with Gasteiger partial charge in [-0.25, -0.2) is 0 Å². The van der Waals surface area contributed by atoms with Crippen LogP contribution < -0.4 is 5.32 Å². The van der Waals surface area contributed by atoms with Crippen LogP contribution in [0.25, 0.3) is 17.0 Å². The number of carbonyl (C=O) groups is 1. The molecular formula is C22H23N3O. The van der Waals surface area contributed by atoms with Crippen LogP contribution in [0.15, 0.2) is 72.9 Å². The maximum absolute atomic E-state index is 12.5. The molecule has 1 N–H and O–H groups in total. The Morgan fingerprint density at radius 1 is 1.08 bits per heavy atom. The highest BCUT2D eigenvalue weighted by atomic mass is 16.1. The quantitative estimate of drug-likeness (QED) is 0.694. The van der Waals surface area contributed by atoms with Crippen molar-refractivity contribution in [2.24, 2.45) is 0 Å². The van der Waals surface area contributed by atoms with Gasteiger partial charge in [-0.1, -0.05) is 54.6 Å². The van der Waals surface area contributed by atoms with Gasteiger partial charge in [0.25, 0.3) is 0 Å². The average molecular weight is 345 g/mol. The molecule has 0 aliphatic rings. The maximum Gasteiger partial charge on any atom is 0.244 e. The Morgan fingerprint density at radius 2 is 1.85 bits per heavy atom. The summed E-state index contributed by atoms with van der Waals surface area (Å²) in [5.74, 6) is -0.117. The Labute approximate surface area is 154 Å². The molecule has 0 aliphatic carbocycles. The van der Waals surface area contributed by atoms with Gasteiger partial charge in [-0.05, 0) is 31.8 Å². The van der Waals surface area contributed by atoms with Crippen molar-refractivity contribution in [2.75, 3.05) is 20.6 Å². The minimum Gasteiger partial charge on any atom is -0.344 e. The van der Waals surface area contributed by atoms with Crippen molar-refractivity contribution >= 4 is 22.9 Å². The molecule has 4 nitrogen and oxygen atoms in total. The zero-order valence-corrected chi connectivity index (χ0v) is 15.1. The van der Waals surface area contributed by atoms with Gasteiger partial charge in [0.15, 0.2) is 0 Å². The molecular weight excluding hydrogens is 322 g/mol. The van der Waals surface area contributed by atoms with E-state index in [4.69, 9.17) is 0 Å². The lowest BCUT2D eigenvalue weighted by atomic mass is 10.1. The minimum atomic E-state index is -0.117. The number of amides is 1. The van der Waals surface area contributed by atoms with E-state index in [0.717, 1.165) is 28.6 Å². The van der Waals surface area contributed by atoms with Gasteiger partial charge in [-0.2, -0.15) is 0 Å². The highest BCUT2D eigenvalue weighted by Gasteiger charge is 2.14. The molecule has 0 aliphatic heterocycles. The Kier molecular flexibility index (Phi) is 5.77. The lowest BCUT2D eigenvalue weighted by molar-refractivity contribution is -0.117. The fourth-order valence-electron chi connectivity index (χ4n) is 2.93. The lowest BCUT2D eigenvalue weighted by Crippen LogP contribution is -2.34. The second-order valence-electron chi connectivity index (χ2n) is 6.49. The van der Waals surface area contributed by atoms with Crippen LogP contribution >= 0.6 is 0 Å². The van der Waals surface area contributed by atoms with Gasteiger partial charge >= 0.3 is 0 Å². The maximum atomic E-state index is 12.5. The van der Waals surface area contributed by atoms with Crippen molar-refractivity contribution in [1.29, 1.82) is 0 Å². The van der Waals surface area contributed by atoms with E-state index in [0.29, 0.717) is 0 Å². The molecule has 2 aromatic carbocycles. The van der Waals surface area contributed by atoms with Crippen LogP contribution in [-0.4, -0.2) is 36.4 Å². The van der Waals surface area contributed by atoms with E-state index in [2.05, 4.69) is 15.2 Å². The van der Waals surface area contributed by atoms with Crippen molar-refractivity contribution in [1.82, 2.24) is 15.2 Å². The Bertz CT molecular complexity index is 898. The number of aromatic nitrogens is 1. The first-order valence-corrected chi connectivity index (χ1v) is 8.65. The van der Waals surface area contributed by atoms with Crippen LogP contribution in [0.4, 0.5) is 0 Å². The van der Waals surface area contributed by atoms with Crippen molar-refractivity contribution in [3.63, 3.8) is 0 Å². The standard InChI is InChI=1S/C22H23N3O/c1-25(2)16-20(17-8-4-3-5-9-17)24-21(26)14-13-19-11-6-10-18-12-7-15-23-22(18)19/h3-15,20H,16H2,1-2H3,(H,24,26)/b14-13+. The first-order chi connectivity index (χ1) is 12.6. The van der Waals surface area contributed by atoms with Crippen LogP contribution in [0.5, 0.6) is 0 Å². The number of hydrogen-bond acceptors (Lipinski definition) is 3. The molecule has 0 bridgehead atoms. The average Bonchev–Trinajstić information content (AvgIpc) is 2.66. The van der Waals surface area contributed by atoms with Crippen LogP contribution in [0, 0.1) is 0 Å². The summed E-state index contributed by atoms with van der Waals surface area (Å²) in [5, 5.41) is 4.16. The zero-order chi connectivity index (χ0) is 18.4. The summed E-state index contributed by atoms with van der Waals surface area (Å²) in [5.41, 5.74) is 2.92. The molecule has 3 rings (SSSR count). The molecule has 1 atom stereocenters. The number of rotatable bonds is 6. The predicted octanol–water partition coefficient (Wildman–Crippen LogP) is 3.67. The molecule has 3 aromatic rings. The fraction of sp³-hybridized carbons (Fsp3) is 0.182. The van der Waals surface area contributed by atoms with E-state index in [1.165, 1.54) is 0 Å². The first-order valence-electron chi connectivity index (χ1n) is 8.65. The van der Waals surface area contributed by atoms with Gasteiger partial charge in [0.1, 0.15) is 0 Å². The Hall–Kier alpha value is -2.98. The van der Waals surface area contributed by atoms with Crippen LogP contribution in [-0.2, 0) is 4.79 Å². The number of hydrogen-bond donors (Lipinski definition) is 1. The SMILES string of the molecule is CN(C)CC(NC(=O)/C=C/c1cccc2cccnc12)c1ccccc1. The van der Waals surface area contributed by atoms with Gasteiger partial charge in [-0.15, -0.1) is 0 Å². The van der Waals surface area contributed by atoms with Crippen LogP contribution in [0.1, 0.15) is 17.2 Å². The number of nitrogens with one attached hydrogen (secondary N) is 1. The first kappa shape index (κ1) is 17.8. The van der Waals surface area contributed by atoms with E-state index in [-0.39, 0.29) is 11.9 Å². The molecule has 132 valence electrons. The molecule has 1 heterocycles. The molecule has 1 unspecified atom stereocenters. The number of likely N-dealkylation sites (N-methyl/N-ethyl adjacent to an activating group) is 1. The molecule has 0 saturated carbocycles. The molecule has 0 spiro atoms. The third-order valence-corrected chi connectivity index (χ3v) is 4.14. The van der Waals surface area contributed by atoms with Crippen LogP contribution in [0.2, 0.25) is 0 Å². The largest absolute Gasteiger partial charge is 0.344 e. The highest BCUT2D eigenvalue weighted by molar-refractivity contribution is 5.95. The summed E-state index contributed by atoms with van der Waals surface area (Å²) in [6.45, 7) is 0.736.